The van der Waals surface area contributed by atoms with Crippen molar-refractivity contribution in [1.82, 2.24) is 4.90 Å². The summed E-state index contributed by atoms with van der Waals surface area (Å²) >= 11 is 7.86. The number of carbonyl (C=O) groups excluding carboxylic acids is 1. The Balaban J connectivity index is 1.87. The lowest BCUT2D eigenvalue weighted by Gasteiger charge is -2.24. The molecule has 1 amide bonds. The van der Waals surface area contributed by atoms with Gasteiger partial charge in [0.15, 0.2) is 0 Å². The number of nitrogens with zero attached hydrogens (tertiary/aromatic N) is 1. The highest BCUT2D eigenvalue weighted by Gasteiger charge is 2.31. The SMILES string of the molecule is Cc1ccc(C(=O)N2CCS[C@@H]2c2cccc(Cl)c2)cc1. The number of halogens is 1. The van der Waals surface area contributed by atoms with Crippen molar-refractivity contribution in [3.8, 4) is 0 Å². The van der Waals surface area contributed by atoms with Crippen LogP contribution >= 0.6 is 23.4 Å². The van der Waals surface area contributed by atoms with Crippen molar-refractivity contribution < 1.29 is 4.79 Å². The van der Waals surface area contributed by atoms with Crippen molar-refractivity contribution in [3.63, 3.8) is 0 Å². The molecule has 1 fully saturated rings. The number of hydrogen-bond acceptors (Lipinski definition) is 2. The standard InChI is InChI=1S/C17H16ClNOS/c1-12-5-7-13(8-6-12)16(20)19-9-10-21-17(19)14-3-2-4-15(18)11-14/h2-8,11,17H,9-10H2,1H3/t17-/m1/s1. The number of carbonyl (C=O) groups is 1. The van der Waals surface area contributed by atoms with Crippen LogP contribution in [0, 0.1) is 6.92 Å². The molecule has 0 aliphatic carbocycles. The van der Waals surface area contributed by atoms with Crippen LogP contribution in [0.2, 0.25) is 5.02 Å². The summed E-state index contributed by atoms with van der Waals surface area (Å²) in [5.41, 5.74) is 2.99. The fourth-order valence-electron chi connectivity index (χ4n) is 2.48. The second-order valence-electron chi connectivity index (χ2n) is 5.14. The van der Waals surface area contributed by atoms with Gasteiger partial charge in [-0.25, -0.2) is 0 Å². The van der Waals surface area contributed by atoms with Crippen molar-refractivity contribution in [2.24, 2.45) is 0 Å². The lowest BCUT2D eigenvalue weighted by atomic mass is 10.1. The van der Waals surface area contributed by atoms with E-state index in [0.29, 0.717) is 5.02 Å². The molecule has 0 spiro atoms. The number of hydrogen-bond donors (Lipinski definition) is 0. The highest BCUT2D eigenvalue weighted by molar-refractivity contribution is 7.99. The molecule has 1 saturated heterocycles. The van der Waals surface area contributed by atoms with E-state index in [-0.39, 0.29) is 11.3 Å². The molecule has 4 heteroatoms. The fourth-order valence-corrected chi connectivity index (χ4v) is 3.92. The van der Waals surface area contributed by atoms with Crippen LogP contribution in [0.5, 0.6) is 0 Å². The molecule has 0 unspecified atom stereocenters. The molecule has 0 N–H and O–H groups in total. The van der Waals surface area contributed by atoms with Crippen molar-refractivity contribution in [2.45, 2.75) is 12.3 Å². The Kier molecular flexibility index (Phi) is 4.22. The summed E-state index contributed by atoms with van der Waals surface area (Å²) in [6, 6.07) is 15.5. The Morgan fingerprint density at radius 1 is 1.24 bits per heavy atom. The quantitative estimate of drug-likeness (QED) is 0.810. The molecule has 0 aromatic heterocycles. The van der Waals surface area contributed by atoms with E-state index in [1.54, 1.807) is 11.8 Å². The van der Waals surface area contributed by atoms with Gasteiger partial charge in [-0.15, -0.1) is 11.8 Å². The van der Waals surface area contributed by atoms with Gasteiger partial charge in [-0.1, -0.05) is 41.4 Å². The molecular formula is C17H16ClNOS. The van der Waals surface area contributed by atoms with Gasteiger partial charge in [0.25, 0.3) is 5.91 Å². The minimum absolute atomic E-state index is 0.0532. The van der Waals surface area contributed by atoms with E-state index >= 15 is 0 Å². The van der Waals surface area contributed by atoms with Crippen LogP contribution in [-0.4, -0.2) is 23.1 Å². The van der Waals surface area contributed by atoms with Crippen LogP contribution in [0.4, 0.5) is 0 Å². The zero-order chi connectivity index (χ0) is 14.8. The Labute approximate surface area is 134 Å². The second kappa shape index (κ2) is 6.12. The second-order valence-corrected chi connectivity index (χ2v) is 6.77. The first kappa shape index (κ1) is 14.5. The first-order chi connectivity index (χ1) is 10.1. The molecule has 1 aliphatic rings. The summed E-state index contributed by atoms with van der Waals surface area (Å²) in [5, 5.41) is 0.764. The van der Waals surface area contributed by atoms with E-state index in [2.05, 4.69) is 0 Å². The summed E-state index contributed by atoms with van der Waals surface area (Å²) in [5.74, 6) is 1.04. The summed E-state index contributed by atoms with van der Waals surface area (Å²) in [6.07, 6.45) is 0. The largest absolute Gasteiger partial charge is 0.322 e. The molecule has 1 atom stereocenters. The van der Waals surface area contributed by atoms with Gasteiger partial charge >= 0.3 is 0 Å². The fraction of sp³-hybridized carbons (Fsp3) is 0.235. The van der Waals surface area contributed by atoms with Crippen LogP contribution in [0.25, 0.3) is 0 Å². The average molecular weight is 318 g/mol. The van der Waals surface area contributed by atoms with E-state index in [1.165, 1.54) is 0 Å². The molecule has 0 bridgehead atoms. The number of amides is 1. The molecule has 2 nitrogen and oxygen atoms in total. The third kappa shape index (κ3) is 3.09. The van der Waals surface area contributed by atoms with Crippen LogP contribution in [0.1, 0.15) is 26.9 Å². The van der Waals surface area contributed by atoms with Crippen molar-refractivity contribution in [1.29, 1.82) is 0 Å². The smallest absolute Gasteiger partial charge is 0.255 e. The number of rotatable bonds is 2. The molecule has 2 aromatic carbocycles. The van der Waals surface area contributed by atoms with Crippen molar-refractivity contribution in [3.05, 3.63) is 70.2 Å². The normalized spacial score (nSPS) is 18.0. The monoisotopic (exact) mass is 317 g/mol. The van der Waals surface area contributed by atoms with Crippen LogP contribution < -0.4 is 0 Å². The first-order valence-corrected chi connectivity index (χ1v) is 8.32. The molecule has 3 rings (SSSR count). The zero-order valence-electron chi connectivity index (χ0n) is 11.8. The van der Waals surface area contributed by atoms with Crippen molar-refractivity contribution in [2.75, 3.05) is 12.3 Å². The molecule has 0 saturated carbocycles. The maximum atomic E-state index is 12.7. The third-order valence-electron chi connectivity index (χ3n) is 3.58. The minimum Gasteiger partial charge on any atom is -0.322 e. The van der Waals surface area contributed by atoms with Gasteiger partial charge in [-0.05, 0) is 36.8 Å². The molecule has 21 heavy (non-hydrogen) atoms. The predicted molar refractivity (Wildman–Crippen MR) is 88.9 cm³/mol. The van der Waals surface area contributed by atoms with Gasteiger partial charge in [-0.2, -0.15) is 0 Å². The van der Waals surface area contributed by atoms with Gasteiger partial charge in [0.2, 0.25) is 0 Å². The maximum Gasteiger partial charge on any atom is 0.255 e. The first-order valence-electron chi connectivity index (χ1n) is 6.90. The van der Waals surface area contributed by atoms with Crippen LogP contribution in [-0.2, 0) is 0 Å². The molecule has 1 heterocycles. The zero-order valence-corrected chi connectivity index (χ0v) is 13.3. The number of benzene rings is 2. The maximum absolute atomic E-state index is 12.7. The van der Waals surface area contributed by atoms with Gasteiger partial charge in [-0.3, -0.25) is 4.79 Å². The summed E-state index contributed by atoms with van der Waals surface area (Å²) in [4.78, 5) is 14.6. The topological polar surface area (TPSA) is 20.3 Å². The molecular weight excluding hydrogens is 302 g/mol. The predicted octanol–water partition coefficient (Wildman–Crippen LogP) is 4.54. The Hall–Kier alpha value is -1.45. The summed E-state index contributed by atoms with van der Waals surface area (Å²) in [7, 11) is 0. The molecule has 2 aromatic rings. The Morgan fingerprint density at radius 3 is 2.71 bits per heavy atom. The van der Waals surface area contributed by atoms with E-state index in [4.69, 9.17) is 11.6 Å². The summed E-state index contributed by atoms with van der Waals surface area (Å²) < 4.78 is 0. The van der Waals surface area contributed by atoms with Gasteiger partial charge < -0.3 is 4.90 Å². The van der Waals surface area contributed by atoms with Crippen LogP contribution in [0.15, 0.2) is 48.5 Å². The lowest BCUT2D eigenvalue weighted by Crippen LogP contribution is -2.30. The Bertz CT molecular complexity index is 656. The number of thioether (sulfide) groups is 1. The minimum atomic E-state index is 0.0532. The molecule has 0 radical (unpaired) electrons. The van der Waals surface area contributed by atoms with Crippen molar-refractivity contribution >= 4 is 29.3 Å². The molecule has 108 valence electrons. The average Bonchev–Trinajstić information content (AvgIpc) is 2.97. The van der Waals surface area contributed by atoms with E-state index in [1.807, 2.05) is 60.4 Å². The van der Waals surface area contributed by atoms with E-state index < -0.39 is 0 Å². The highest BCUT2D eigenvalue weighted by Crippen LogP contribution is 2.39. The van der Waals surface area contributed by atoms with Gasteiger partial charge in [0, 0.05) is 22.9 Å². The van der Waals surface area contributed by atoms with E-state index in [0.717, 1.165) is 29.0 Å². The Morgan fingerprint density at radius 2 is 2.00 bits per heavy atom. The van der Waals surface area contributed by atoms with Gasteiger partial charge in [0.1, 0.15) is 5.37 Å². The van der Waals surface area contributed by atoms with E-state index in [9.17, 15) is 4.79 Å². The summed E-state index contributed by atoms with van der Waals surface area (Å²) in [6.45, 7) is 2.79. The van der Waals surface area contributed by atoms with Crippen LogP contribution in [0.3, 0.4) is 0 Å². The lowest BCUT2D eigenvalue weighted by molar-refractivity contribution is 0.0760. The van der Waals surface area contributed by atoms with Gasteiger partial charge in [0.05, 0.1) is 0 Å². The highest BCUT2D eigenvalue weighted by atomic mass is 35.5. The number of aryl methyl sites for hydroxylation is 1. The third-order valence-corrected chi connectivity index (χ3v) is 5.08. The molecule has 1 aliphatic heterocycles.